The standard InChI is InChI=1S/C19H20ClN5O2S/c1-12(18(26)22-11-14-6-3-4-9-16(14)27-2)28-19-24-23-17(25(19)21)13-7-5-8-15(20)10-13/h3-10,12H,11,21H2,1-2H3,(H,22,26)/t12-/m0/s1. The smallest absolute Gasteiger partial charge is 0.233 e. The highest BCUT2D eigenvalue weighted by Crippen LogP contribution is 2.26. The van der Waals surface area contributed by atoms with Crippen LogP contribution in [0.15, 0.2) is 53.7 Å². The third-order valence-corrected chi connectivity index (χ3v) is 5.34. The second kappa shape index (κ2) is 8.99. The molecule has 3 rings (SSSR count). The van der Waals surface area contributed by atoms with E-state index in [2.05, 4.69) is 15.5 Å². The van der Waals surface area contributed by atoms with E-state index in [0.29, 0.717) is 22.5 Å². The number of methoxy groups -OCH3 is 1. The summed E-state index contributed by atoms with van der Waals surface area (Å²) < 4.78 is 6.66. The molecule has 3 N–H and O–H groups in total. The van der Waals surface area contributed by atoms with Gasteiger partial charge in [-0.1, -0.05) is 53.7 Å². The molecule has 0 unspecified atom stereocenters. The van der Waals surface area contributed by atoms with Gasteiger partial charge in [0.2, 0.25) is 11.1 Å². The minimum Gasteiger partial charge on any atom is -0.496 e. The fourth-order valence-corrected chi connectivity index (χ4v) is 3.55. The summed E-state index contributed by atoms with van der Waals surface area (Å²) in [5.74, 6) is 7.19. The van der Waals surface area contributed by atoms with Gasteiger partial charge in [0.15, 0.2) is 5.82 Å². The predicted molar refractivity (Wildman–Crippen MR) is 111 cm³/mol. The second-order valence-electron chi connectivity index (χ2n) is 5.98. The van der Waals surface area contributed by atoms with Crippen LogP contribution in [0.2, 0.25) is 5.02 Å². The molecule has 0 saturated carbocycles. The third-order valence-electron chi connectivity index (χ3n) is 4.04. The van der Waals surface area contributed by atoms with Crippen LogP contribution in [-0.2, 0) is 11.3 Å². The Labute approximate surface area is 172 Å². The van der Waals surface area contributed by atoms with Crippen molar-refractivity contribution in [2.75, 3.05) is 13.0 Å². The predicted octanol–water partition coefficient (Wildman–Crippen LogP) is 3.12. The molecule has 146 valence electrons. The van der Waals surface area contributed by atoms with Crippen LogP contribution in [-0.4, -0.2) is 33.1 Å². The molecule has 0 saturated heterocycles. The van der Waals surface area contributed by atoms with E-state index in [1.54, 1.807) is 26.2 Å². The van der Waals surface area contributed by atoms with Gasteiger partial charge >= 0.3 is 0 Å². The monoisotopic (exact) mass is 417 g/mol. The molecule has 7 nitrogen and oxygen atoms in total. The van der Waals surface area contributed by atoms with Gasteiger partial charge in [0.05, 0.1) is 12.4 Å². The zero-order chi connectivity index (χ0) is 20.1. The zero-order valence-electron chi connectivity index (χ0n) is 15.4. The molecule has 0 bridgehead atoms. The maximum atomic E-state index is 12.5. The van der Waals surface area contributed by atoms with Crippen LogP contribution in [0.4, 0.5) is 0 Å². The van der Waals surface area contributed by atoms with Crippen LogP contribution in [0.3, 0.4) is 0 Å². The van der Waals surface area contributed by atoms with Crippen molar-refractivity contribution >= 4 is 29.3 Å². The van der Waals surface area contributed by atoms with E-state index in [9.17, 15) is 4.79 Å². The molecule has 2 aromatic carbocycles. The molecule has 9 heteroatoms. The lowest BCUT2D eigenvalue weighted by molar-refractivity contribution is -0.120. The van der Waals surface area contributed by atoms with E-state index in [1.165, 1.54) is 16.4 Å². The van der Waals surface area contributed by atoms with Gasteiger partial charge < -0.3 is 15.9 Å². The number of hydrogen-bond acceptors (Lipinski definition) is 6. The number of ether oxygens (including phenoxy) is 1. The Morgan fingerprint density at radius 3 is 2.82 bits per heavy atom. The summed E-state index contributed by atoms with van der Waals surface area (Å²) in [6.07, 6.45) is 0. The fraction of sp³-hybridized carbons (Fsp3) is 0.211. The summed E-state index contributed by atoms with van der Waals surface area (Å²) in [4.78, 5) is 12.5. The number of carbonyl (C=O) groups is 1. The summed E-state index contributed by atoms with van der Waals surface area (Å²) in [7, 11) is 1.60. The van der Waals surface area contributed by atoms with Gasteiger partial charge in [0, 0.05) is 22.7 Å². The number of benzene rings is 2. The van der Waals surface area contributed by atoms with Crippen molar-refractivity contribution in [1.29, 1.82) is 0 Å². The Morgan fingerprint density at radius 1 is 1.29 bits per heavy atom. The Kier molecular flexibility index (Phi) is 6.43. The molecule has 1 aromatic heterocycles. The highest BCUT2D eigenvalue weighted by atomic mass is 35.5. The van der Waals surface area contributed by atoms with Crippen LogP contribution in [0.1, 0.15) is 12.5 Å². The number of carbonyl (C=O) groups excluding carboxylic acids is 1. The molecule has 3 aromatic rings. The molecule has 0 aliphatic rings. The molecule has 0 aliphatic heterocycles. The van der Waals surface area contributed by atoms with Crippen molar-refractivity contribution in [2.24, 2.45) is 0 Å². The Hall–Kier alpha value is -2.71. The number of nitrogens with zero attached hydrogens (tertiary/aromatic N) is 3. The molecular formula is C19H20ClN5O2S. The number of halogens is 1. The lowest BCUT2D eigenvalue weighted by atomic mass is 10.2. The van der Waals surface area contributed by atoms with Crippen molar-refractivity contribution in [3.05, 3.63) is 59.1 Å². The van der Waals surface area contributed by atoms with Crippen molar-refractivity contribution in [1.82, 2.24) is 20.2 Å². The summed E-state index contributed by atoms with van der Waals surface area (Å²) in [6, 6.07) is 14.7. The van der Waals surface area contributed by atoms with Gasteiger partial charge in [-0.25, -0.2) is 4.68 Å². The second-order valence-corrected chi connectivity index (χ2v) is 7.72. The molecule has 0 radical (unpaired) electrons. The number of nitrogens with two attached hydrogens (primary N) is 1. The molecule has 1 heterocycles. The molecule has 0 fully saturated rings. The lowest BCUT2D eigenvalue weighted by Gasteiger charge is -2.13. The van der Waals surface area contributed by atoms with E-state index in [-0.39, 0.29) is 5.91 Å². The quantitative estimate of drug-likeness (QED) is 0.453. The van der Waals surface area contributed by atoms with Crippen molar-refractivity contribution in [3.8, 4) is 17.1 Å². The van der Waals surface area contributed by atoms with E-state index >= 15 is 0 Å². The summed E-state index contributed by atoms with van der Waals surface area (Å²) in [5, 5.41) is 11.7. The molecule has 28 heavy (non-hydrogen) atoms. The van der Waals surface area contributed by atoms with Gasteiger partial charge in [0.1, 0.15) is 5.75 Å². The maximum absolute atomic E-state index is 12.5. The highest BCUT2D eigenvalue weighted by molar-refractivity contribution is 8.00. The van der Waals surface area contributed by atoms with E-state index in [0.717, 1.165) is 16.9 Å². The molecule has 0 aliphatic carbocycles. The largest absolute Gasteiger partial charge is 0.496 e. The Morgan fingerprint density at radius 2 is 2.07 bits per heavy atom. The molecular weight excluding hydrogens is 398 g/mol. The fourth-order valence-electron chi connectivity index (χ4n) is 2.57. The van der Waals surface area contributed by atoms with Gasteiger partial charge in [0.25, 0.3) is 0 Å². The minimum atomic E-state index is -0.409. The molecule has 1 amide bonds. The number of nitrogen functional groups attached to an aromatic ring is 1. The maximum Gasteiger partial charge on any atom is 0.233 e. The summed E-state index contributed by atoms with van der Waals surface area (Å²) in [6.45, 7) is 2.16. The van der Waals surface area contributed by atoms with Crippen LogP contribution in [0.25, 0.3) is 11.4 Å². The van der Waals surface area contributed by atoms with Crippen molar-refractivity contribution < 1.29 is 9.53 Å². The van der Waals surface area contributed by atoms with Gasteiger partial charge in [-0.3, -0.25) is 4.79 Å². The number of aromatic nitrogens is 3. The zero-order valence-corrected chi connectivity index (χ0v) is 17.0. The van der Waals surface area contributed by atoms with E-state index in [1.807, 2.05) is 36.4 Å². The molecule has 0 spiro atoms. The average molecular weight is 418 g/mol. The minimum absolute atomic E-state index is 0.136. The van der Waals surface area contributed by atoms with E-state index in [4.69, 9.17) is 22.2 Å². The van der Waals surface area contributed by atoms with Gasteiger partial charge in [-0.2, -0.15) is 0 Å². The van der Waals surface area contributed by atoms with Crippen LogP contribution >= 0.6 is 23.4 Å². The SMILES string of the molecule is COc1ccccc1CNC(=O)[C@H](C)Sc1nnc(-c2cccc(Cl)c2)n1N. The van der Waals surface area contributed by atoms with Gasteiger partial charge in [-0.05, 0) is 25.1 Å². The van der Waals surface area contributed by atoms with Crippen LogP contribution in [0.5, 0.6) is 5.75 Å². The highest BCUT2D eigenvalue weighted by Gasteiger charge is 2.20. The Bertz CT molecular complexity index is 978. The Balaban J connectivity index is 1.64. The lowest BCUT2D eigenvalue weighted by Crippen LogP contribution is -2.31. The normalized spacial score (nSPS) is 11.8. The van der Waals surface area contributed by atoms with Crippen LogP contribution in [0, 0.1) is 0 Å². The van der Waals surface area contributed by atoms with Gasteiger partial charge in [-0.15, -0.1) is 10.2 Å². The van der Waals surface area contributed by atoms with Crippen molar-refractivity contribution in [3.63, 3.8) is 0 Å². The first-order valence-corrected chi connectivity index (χ1v) is 9.78. The third kappa shape index (κ3) is 4.58. The van der Waals surface area contributed by atoms with Crippen LogP contribution < -0.4 is 15.9 Å². The number of para-hydroxylation sites is 1. The summed E-state index contributed by atoms with van der Waals surface area (Å²) >= 11 is 7.25. The first-order valence-electron chi connectivity index (χ1n) is 8.52. The number of hydrogen-bond donors (Lipinski definition) is 2. The summed E-state index contributed by atoms with van der Waals surface area (Å²) in [5.41, 5.74) is 1.66. The number of nitrogens with one attached hydrogen (secondary N) is 1. The first kappa shape index (κ1) is 20.0. The number of rotatable bonds is 7. The first-order chi connectivity index (χ1) is 13.5. The number of thioether (sulfide) groups is 1. The van der Waals surface area contributed by atoms with E-state index < -0.39 is 5.25 Å². The number of amides is 1. The van der Waals surface area contributed by atoms with Crippen molar-refractivity contribution in [2.45, 2.75) is 23.9 Å². The molecule has 1 atom stereocenters. The average Bonchev–Trinajstić information content (AvgIpc) is 3.06. The topological polar surface area (TPSA) is 95.1 Å².